The first-order valence-corrected chi connectivity index (χ1v) is 9.98. The Kier molecular flexibility index (Phi) is 7.50. The van der Waals surface area contributed by atoms with E-state index >= 15 is 0 Å². The van der Waals surface area contributed by atoms with Crippen molar-refractivity contribution < 1.29 is 14.2 Å². The topological polar surface area (TPSA) is 87.0 Å². The van der Waals surface area contributed by atoms with Gasteiger partial charge in [0.1, 0.15) is 16.5 Å². The fraction of sp³-hybridized carbons (Fsp3) is 0.227. The SMILES string of the molecule is CCCOc1c(/C=N\Nc2cnn(-c3ccc(OC)cc3)c(=O)c2Cl)cccc1OC. The number of benzene rings is 2. The Bertz CT molecular complexity index is 1110. The van der Waals surface area contributed by atoms with Crippen molar-refractivity contribution in [3.63, 3.8) is 0 Å². The molecule has 8 nitrogen and oxygen atoms in total. The van der Waals surface area contributed by atoms with Crippen LogP contribution in [0.25, 0.3) is 5.69 Å². The molecule has 0 aliphatic rings. The van der Waals surface area contributed by atoms with Crippen molar-refractivity contribution in [2.45, 2.75) is 13.3 Å². The van der Waals surface area contributed by atoms with E-state index in [1.165, 1.54) is 10.9 Å². The number of hydrazone groups is 1. The first-order chi connectivity index (χ1) is 15.1. The van der Waals surface area contributed by atoms with Crippen molar-refractivity contribution in [3.05, 3.63) is 69.6 Å². The lowest BCUT2D eigenvalue weighted by atomic mass is 10.2. The second-order valence-corrected chi connectivity index (χ2v) is 6.76. The van der Waals surface area contributed by atoms with Crippen LogP contribution < -0.4 is 25.2 Å². The van der Waals surface area contributed by atoms with Crippen LogP contribution in [0.1, 0.15) is 18.9 Å². The van der Waals surface area contributed by atoms with Gasteiger partial charge in [0.25, 0.3) is 5.56 Å². The number of anilines is 1. The molecule has 0 amide bonds. The Balaban J connectivity index is 1.82. The molecule has 1 aromatic heterocycles. The summed E-state index contributed by atoms with van der Waals surface area (Å²) in [4.78, 5) is 12.6. The van der Waals surface area contributed by atoms with E-state index in [2.05, 4.69) is 15.6 Å². The van der Waals surface area contributed by atoms with Gasteiger partial charge in [0, 0.05) is 5.56 Å². The van der Waals surface area contributed by atoms with E-state index in [-0.39, 0.29) is 10.7 Å². The molecule has 0 atom stereocenters. The van der Waals surface area contributed by atoms with Crippen LogP contribution >= 0.6 is 11.6 Å². The average Bonchev–Trinajstić information content (AvgIpc) is 2.81. The van der Waals surface area contributed by atoms with Gasteiger partial charge in [0.2, 0.25) is 0 Å². The van der Waals surface area contributed by atoms with Crippen LogP contribution in [0.4, 0.5) is 5.69 Å². The van der Waals surface area contributed by atoms with Gasteiger partial charge in [-0.2, -0.15) is 14.9 Å². The maximum Gasteiger partial charge on any atom is 0.292 e. The summed E-state index contributed by atoms with van der Waals surface area (Å²) in [6.07, 6.45) is 3.86. The summed E-state index contributed by atoms with van der Waals surface area (Å²) in [5, 5.41) is 8.33. The van der Waals surface area contributed by atoms with Crippen LogP contribution in [-0.4, -0.2) is 36.8 Å². The van der Waals surface area contributed by atoms with Crippen molar-refractivity contribution in [3.8, 4) is 22.9 Å². The number of ether oxygens (including phenoxy) is 3. The summed E-state index contributed by atoms with van der Waals surface area (Å²) in [6, 6.07) is 12.4. The molecular weight excluding hydrogens is 420 g/mol. The van der Waals surface area contributed by atoms with Crippen LogP contribution in [0.15, 0.2) is 58.6 Å². The van der Waals surface area contributed by atoms with Crippen LogP contribution in [0.3, 0.4) is 0 Å². The molecule has 3 aromatic rings. The summed E-state index contributed by atoms with van der Waals surface area (Å²) in [7, 11) is 3.15. The van der Waals surface area contributed by atoms with Crippen molar-refractivity contribution in [2.75, 3.05) is 26.3 Å². The van der Waals surface area contributed by atoms with Crippen LogP contribution in [0, 0.1) is 0 Å². The minimum Gasteiger partial charge on any atom is -0.497 e. The third-order valence-corrected chi connectivity index (χ3v) is 4.67. The molecule has 0 spiro atoms. The number of methoxy groups -OCH3 is 2. The van der Waals surface area contributed by atoms with Crippen molar-refractivity contribution in [1.82, 2.24) is 9.78 Å². The Labute approximate surface area is 185 Å². The van der Waals surface area contributed by atoms with Gasteiger partial charge in [-0.25, -0.2) is 0 Å². The van der Waals surface area contributed by atoms with E-state index in [9.17, 15) is 4.79 Å². The number of halogens is 1. The molecule has 1 heterocycles. The zero-order valence-electron chi connectivity index (χ0n) is 17.5. The summed E-state index contributed by atoms with van der Waals surface area (Å²) in [6.45, 7) is 2.57. The van der Waals surface area contributed by atoms with E-state index < -0.39 is 5.56 Å². The molecule has 3 rings (SSSR count). The van der Waals surface area contributed by atoms with Crippen molar-refractivity contribution in [2.24, 2.45) is 5.10 Å². The van der Waals surface area contributed by atoms with Gasteiger partial charge in [-0.1, -0.05) is 24.6 Å². The van der Waals surface area contributed by atoms with Crippen LogP contribution in [0.2, 0.25) is 5.02 Å². The number of nitrogens with one attached hydrogen (secondary N) is 1. The standard InChI is InChI=1S/C22H23ClN4O4/c1-4-12-31-21-15(6-5-7-19(21)30-3)13-24-26-18-14-25-27(22(28)20(18)23)16-8-10-17(29-2)11-9-16/h5-11,13-14,26H,4,12H2,1-3H3/b24-13-. The lowest BCUT2D eigenvalue weighted by Gasteiger charge is -2.12. The number of rotatable bonds is 9. The molecule has 2 aromatic carbocycles. The van der Waals surface area contributed by atoms with Gasteiger partial charge in [-0.3, -0.25) is 10.2 Å². The Hall–Kier alpha value is -3.52. The highest BCUT2D eigenvalue weighted by atomic mass is 35.5. The lowest BCUT2D eigenvalue weighted by Crippen LogP contribution is -2.22. The molecular formula is C22H23ClN4O4. The molecule has 0 radical (unpaired) electrons. The molecule has 0 bridgehead atoms. The quantitative estimate of drug-likeness (QED) is 0.396. The third kappa shape index (κ3) is 5.16. The highest BCUT2D eigenvalue weighted by molar-refractivity contribution is 6.32. The van der Waals surface area contributed by atoms with Crippen molar-refractivity contribution >= 4 is 23.5 Å². The summed E-state index contributed by atoms with van der Waals surface area (Å²) >= 11 is 6.26. The van der Waals surface area contributed by atoms with E-state index in [4.69, 9.17) is 25.8 Å². The van der Waals surface area contributed by atoms with E-state index in [0.29, 0.717) is 29.5 Å². The number of hydrogen-bond acceptors (Lipinski definition) is 7. The number of nitrogens with zero attached hydrogens (tertiary/aromatic N) is 3. The fourth-order valence-corrected chi connectivity index (χ4v) is 2.91. The highest BCUT2D eigenvalue weighted by Crippen LogP contribution is 2.30. The minimum absolute atomic E-state index is 0.0314. The molecule has 0 fully saturated rings. The molecule has 0 saturated carbocycles. The summed E-state index contributed by atoms with van der Waals surface area (Å²) in [5.74, 6) is 1.88. The first kappa shape index (κ1) is 22.2. The molecule has 9 heteroatoms. The maximum absolute atomic E-state index is 12.6. The molecule has 162 valence electrons. The highest BCUT2D eigenvalue weighted by Gasteiger charge is 2.12. The zero-order valence-corrected chi connectivity index (χ0v) is 18.2. The Morgan fingerprint density at radius 3 is 2.61 bits per heavy atom. The van der Waals surface area contributed by atoms with Gasteiger partial charge in [0.05, 0.1) is 38.9 Å². The smallest absolute Gasteiger partial charge is 0.292 e. The molecule has 0 unspecified atom stereocenters. The monoisotopic (exact) mass is 442 g/mol. The predicted octanol–water partition coefficient (Wildman–Crippen LogP) is 4.14. The van der Waals surface area contributed by atoms with Gasteiger partial charge in [-0.15, -0.1) is 0 Å². The number of hydrogen-bond donors (Lipinski definition) is 1. The zero-order chi connectivity index (χ0) is 22.2. The minimum atomic E-state index is -0.472. The molecule has 1 N–H and O–H groups in total. The summed E-state index contributed by atoms with van der Waals surface area (Å²) in [5.41, 5.74) is 3.86. The van der Waals surface area contributed by atoms with Gasteiger partial charge in [0.15, 0.2) is 11.5 Å². The molecule has 31 heavy (non-hydrogen) atoms. The molecule has 0 saturated heterocycles. The normalized spacial score (nSPS) is 10.8. The van der Waals surface area contributed by atoms with Gasteiger partial charge >= 0.3 is 0 Å². The predicted molar refractivity (Wildman–Crippen MR) is 121 cm³/mol. The lowest BCUT2D eigenvalue weighted by molar-refractivity contribution is 0.294. The van der Waals surface area contributed by atoms with Gasteiger partial charge < -0.3 is 14.2 Å². The average molecular weight is 443 g/mol. The van der Waals surface area contributed by atoms with E-state index in [1.807, 2.05) is 25.1 Å². The largest absolute Gasteiger partial charge is 0.497 e. The Morgan fingerprint density at radius 1 is 1.16 bits per heavy atom. The number of para-hydroxylation sites is 1. The van der Waals surface area contributed by atoms with E-state index in [0.717, 1.165) is 12.0 Å². The Morgan fingerprint density at radius 2 is 1.94 bits per heavy atom. The molecule has 0 aliphatic heterocycles. The van der Waals surface area contributed by atoms with Crippen LogP contribution in [-0.2, 0) is 0 Å². The fourth-order valence-electron chi connectivity index (χ4n) is 2.74. The summed E-state index contributed by atoms with van der Waals surface area (Å²) < 4.78 is 17.5. The second-order valence-electron chi connectivity index (χ2n) is 6.38. The first-order valence-electron chi connectivity index (χ1n) is 9.60. The third-order valence-electron chi connectivity index (χ3n) is 4.30. The number of aromatic nitrogens is 2. The van der Waals surface area contributed by atoms with Crippen molar-refractivity contribution in [1.29, 1.82) is 0 Å². The van der Waals surface area contributed by atoms with Gasteiger partial charge in [-0.05, 0) is 42.8 Å². The van der Waals surface area contributed by atoms with E-state index in [1.54, 1.807) is 44.7 Å². The molecule has 0 aliphatic carbocycles. The maximum atomic E-state index is 12.6. The van der Waals surface area contributed by atoms with Crippen LogP contribution in [0.5, 0.6) is 17.2 Å². The second kappa shape index (κ2) is 10.5.